The second kappa shape index (κ2) is 2.45. The molecule has 0 radical (unpaired) electrons. The molecule has 1 atom stereocenters. The highest BCUT2D eigenvalue weighted by molar-refractivity contribution is 7.93. The normalized spacial score (nSPS) is 29.5. The molecule has 1 aliphatic heterocycles. The van der Waals surface area contributed by atoms with E-state index in [4.69, 9.17) is 0 Å². The first-order valence-electron chi connectivity index (χ1n) is 3.80. The molecule has 11 heavy (non-hydrogen) atoms. The minimum Gasteiger partial charge on any atom is -0.314 e. The van der Waals surface area contributed by atoms with Crippen LogP contribution in [0.4, 0.5) is 0 Å². The molecule has 0 saturated carbocycles. The van der Waals surface area contributed by atoms with Gasteiger partial charge in [-0.1, -0.05) is 0 Å². The maximum Gasteiger partial charge on any atom is 0.155 e. The highest BCUT2D eigenvalue weighted by Gasteiger charge is 2.45. The number of nitrogens with one attached hydrogen (secondary N) is 1. The van der Waals surface area contributed by atoms with E-state index in [2.05, 4.69) is 5.32 Å². The van der Waals surface area contributed by atoms with Gasteiger partial charge in [-0.25, -0.2) is 8.42 Å². The van der Waals surface area contributed by atoms with Crippen LogP contribution in [0.25, 0.3) is 0 Å². The summed E-state index contributed by atoms with van der Waals surface area (Å²) in [7, 11) is -0.955. The molecule has 1 fully saturated rings. The fraction of sp³-hybridized carbons (Fsp3) is 1.00. The van der Waals surface area contributed by atoms with Crippen molar-refractivity contribution in [2.45, 2.75) is 31.1 Å². The summed E-state index contributed by atoms with van der Waals surface area (Å²) in [4.78, 5) is 0. The Morgan fingerprint density at radius 2 is 2.00 bits per heavy atom. The van der Waals surface area contributed by atoms with Crippen LogP contribution in [0.5, 0.6) is 0 Å². The van der Waals surface area contributed by atoms with Crippen molar-refractivity contribution in [3.8, 4) is 0 Å². The molecule has 1 rings (SSSR count). The molecular formula is C7H15NO2S. The van der Waals surface area contributed by atoms with Gasteiger partial charge in [-0.2, -0.15) is 0 Å². The highest BCUT2D eigenvalue weighted by Crippen LogP contribution is 2.29. The molecule has 1 unspecified atom stereocenters. The molecule has 3 nitrogen and oxygen atoms in total. The summed E-state index contributed by atoms with van der Waals surface area (Å²) in [5, 5.41) is 2.84. The maximum atomic E-state index is 11.2. The number of rotatable bonds is 2. The van der Waals surface area contributed by atoms with Crippen LogP contribution >= 0.6 is 0 Å². The van der Waals surface area contributed by atoms with Gasteiger partial charge in [-0.05, 0) is 27.3 Å². The Kier molecular flexibility index (Phi) is 2.01. The molecule has 0 aliphatic carbocycles. The van der Waals surface area contributed by atoms with E-state index in [0.717, 1.165) is 6.42 Å². The lowest BCUT2D eigenvalue weighted by atomic mass is 9.98. The summed E-state index contributed by atoms with van der Waals surface area (Å²) in [6.45, 7) is 3.85. The van der Waals surface area contributed by atoms with Crippen LogP contribution in [0.3, 0.4) is 0 Å². The minimum atomic E-state index is -2.75. The van der Waals surface area contributed by atoms with Gasteiger partial charge in [0.05, 0.1) is 11.0 Å². The van der Waals surface area contributed by atoms with Crippen molar-refractivity contribution in [3.05, 3.63) is 0 Å². The van der Waals surface area contributed by atoms with Gasteiger partial charge in [0.2, 0.25) is 0 Å². The summed E-state index contributed by atoms with van der Waals surface area (Å²) in [6.07, 6.45) is 0.802. The van der Waals surface area contributed by atoms with E-state index in [9.17, 15) is 8.42 Å². The fourth-order valence-corrected chi connectivity index (χ4v) is 3.27. The van der Waals surface area contributed by atoms with Gasteiger partial charge in [0.1, 0.15) is 0 Å². The Morgan fingerprint density at radius 1 is 1.45 bits per heavy atom. The van der Waals surface area contributed by atoms with Crippen molar-refractivity contribution >= 4 is 9.84 Å². The Morgan fingerprint density at radius 3 is 2.09 bits per heavy atom. The number of hydrogen-bond acceptors (Lipinski definition) is 3. The summed E-state index contributed by atoms with van der Waals surface area (Å²) in [5.41, 5.74) is -0.267. The highest BCUT2D eigenvalue weighted by atomic mass is 32.2. The molecule has 0 amide bonds. The van der Waals surface area contributed by atoms with Gasteiger partial charge in [0.25, 0.3) is 0 Å². The average molecular weight is 177 g/mol. The molecule has 1 heterocycles. The summed E-state index contributed by atoms with van der Waals surface area (Å²) >= 11 is 0. The monoisotopic (exact) mass is 177 g/mol. The smallest absolute Gasteiger partial charge is 0.155 e. The minimum absolute atomic E-state index is 0.181. The van der Waals surface area contributed by atoms with Crippen molar-refractivity contribution in [2.24, 2.45) is 0 Å². The zero-order valence-corrected chi connectivity index (χ0v) is 8.03. The first kappa shape index (κ1) is 9.00. The molecule has 0 aromatic carbocycles. The van der Waals surface area contributed by atoms with Crippen molar-refractivity contribution in [1.82, 2.24) is 5.32 Å². The average Bonchev–Trinajstić information content (AvgIpc) is 1.85. The first-order valence-corrected chi connectivity index (χ1v) is 5.52. The van der Waals surface area contributed by atoms with Crippen molar-refractivity contribution in [2.75, 3.05) is 12.8 Å². The Balaban J connectivity index is 2.78. The van der Waals surface area contributed by atoms with Crippen molar-refractivity contribution in [3.63, 3.8) is 0 Å². The van der Waals surface area contributed by atoms with Crippen LogP contribution < -0.4 is 5.32 Å². The second-order valence-corrected chi connectivity index (χ2v) is 5.92. The lowest BCUT2D eigenvalue weighted by molar-refractivity contribution is 0.366. The molecule has 0 bridgehead atoms. The van der Waals surface area contributed by atoms with E-state index in [1.54, 1.807) is 7.05 Å². The Labute approximate surface area is 68.1 Å². The van der Waals surface area contributed by atoms with E-state index < -0.39 is 9.84 Å². The Bertz CT molecular complexity index is 243. The van der Waals surface area contributed by atoms with Gasteiger partial charge >= 0.3 is 0 Å². The SMILES string of the molecule is CNC(C)(C)C1CCS1(=O)=O. The number of hydrogen-bond donors (Lipinski definition) is 1. The lowest BCUT2D eigenvalue weighted by Crippen LogP contribution is -2.57. The molecule has 0 aromatic heterocycles. The predicted octanol–water partition coefficient (Wildman–Crippen LogP) is 0.171. The summed E-state index contributed by atoms with van der Waals surface area (Å²) < 4.78 is 22.4. The predicted molar refractivity (Wildman–Crippen MR) is 45.3 cm³/mol. The van der Waals surface area contributed by atoms with Crippen LogP contribution in [0.2, 0.25) is 0 Å². The van der Waals surface area contributed by atoms with E-state index in [1.807, 2.05) is 13.8 Å². The van der Waals surface area contributed by atoms with Gasteiger partial charge < -0.3 is 5.32 Å². The van der Waals surface area contributed by atoms with Gasteiger partial charge in [0.15, 0.2) is 9.84 Å². The maximum absolute atomic E-state index is 11.2. The molecule has 0 spiro atoms. The van der Waals surface area contributed by atoms with Crippen LogP contribution in [0, 0.1) is 0 Å². The molecule has 4 heteroatoms. The van der Waals surface area contributed by atoms with Crippen LogP contribution in [0.1, 0.15) is 20.3 Å². The molecular weight excluding hydrogens is 162 g/mol. The molecule has 66 valence electrons. The third-order valence-corrected chi connectivity index (χ3v) is 5.04. The largest absolute Gasteiger partial charge is 0.314 e. The quantitative estimate of drug-likeness (QED) is 0.654. The van der Waals surface area contributed by atoms with Crippen LogP contribution in [-0.2, 0) is 9.84 Å². The first-order chi connectivity index (χ1) is 4.90. The second-order valence-electron chi connectivity index (χ2n) is 3.62. The van der Waals surface area contributed by atoms with Crippen molar-refractivity contribution in [1.29, 1.82) is 0 Å². The van der Waals surface area contributed by atoms with E-state index in [1.165, 1.54) is 0 Å². The van der Waals surface area contributed by atoms with Gasteiger partial charge in [-0.15, -0.1) is 0 Å². The zero-order valence-electron chi connectivity index (χ0n) is 7.22. The molecule has 0 aromatic rings. The standard InChI is InChI=1S/C7H15NO2S/c1-7(2,8-3)6-4-5-11(6,9)10/h6,8H,4-5H2,1-3H3. The molecule has 1 aliphatic rings. The summed E-state index contributed by atoms with van der Waals surface area (Å²) in [5.74, 6) is 0.364. The zero-order chi connectivity index (χ0) is 8.70. The van der Waals surface area contributed by atoms with Gasteiger partial charge in [0, 0.05) is 5.54 Å². The van der Waals surface area contributed by atoms with Crippen LogP contribution in [-0.4, -0.2) is 32.0 Å². The van der Waals surface area contributed by atoms with Gasteiger partial charge in [-0.3, -0.25) is 0 Å². The summed E-state index contributed by atoms with van der Waals surface area (Å²) in [6, 6.07) is 0. The van der Waals surface area contributed by atoms with Crippen molar-refractivity contribution < 1.29 is 8.42 Å². The van der Waals surface area contributed by atoms with E-state index in [0.29, 0.717) is 5.75 Å². The molecule has 1 N–H and O–H groups in total. The molecule has 1 saturated heterocycles. The van der Waals surface area contributed by atoms with Crippen LogP contribution in [0.15, 0.2) is 0 Å². The third kappa shape index (κ3) is 1.42. The fourth-order valence-electron chi connectivity index (χ4n) is 1.40. The Hall–Kier alpha value is -0.0900. The van der Waals surface area contributed by atoms with E-state index in [-0.39, 0.29) is 10.8 Å². The lowest BCUT2D eigenvalue weighted by Gasteiger charge is -2.39. The third-order valence-electron chi connectivity index (χ3n) is 2.55. The number of sulfone groups is 1. The topological polar surface area (TPSA) is 46.2 Å². The van der Waals surface area contributed by atoms with E-state index >= 15 is 0 Å².